The molecule has 0 aliphatic carbocycles. The van der Waals surface area contributed by atoms with Gasteiger partial charge in [-0.1, -0.05) is 26.0 Å². The molecular formula is C14H24N2S. The van der Waals surface area contributed by atoms with Crippen LogP contribution in [0.3, 0.4) is 0 Å². The van der Waals surface area contributed by atoms with Crippen molar-refractivity contribution in [1.29, 1.82) is 0 Å². The van der Waals surface area contributed by atoms with Crippen LogP contribution in [0.15, 0.2) is 29.2 Å². The van der Waals surface area contributed by atoms with E-state index in [2.05, 4.69) is 43.4 Å². The standard InChI is InChI=1S/C14H24N2S/c1-11(2)17-13-7-5-12(6-8-13)9-16-10-14(3,4)15/h5-8,11,16H,9-10,15H2,1-4H3. The van der Waals surface area contributed by atoms with Gasteiger partial charge in [0.15, 0.2) is 0 Å². The number of hydrogen-bond acceptors (Lipinski definition) is 3. The van der Waals surface area contributed by atoms with Crippen molar-refractivity contribution in [3.05, 3.63) is 29.8 Å². The van der Waals surface area contributed by atoms with Gasteiger partial charge in [0, 0.05) is 28.8 Å². The van der Waals surface area contributed by atoms with Gasteiger partial charge in [-0.05, 0) is 31.5 Å². The zero-order valence-electron chi connectivity index (χ0n) is 11.3. The van der Waals surface area contributed by atoms with Crippen molar-refractivity contribution in [1.82, 2.24) is 5.32 Å². The van der Waals surface area contributed by atoms with Crippen LogP contribution in [0.5, 0.6) is 0 Å². The molecule has 0 fully saturated rings. The van der Waals surface area contributed by atoms with Gasteiger partial charge >= 0.3 is 0 Å². The second kappa shape index (κ2) is 6.43. The minimum absolute atomic E-state index is 0.145. The maximum Gasteiger partial charge on any atom is 0.0223 e. The Morgan fingerprint density at radius 3 is 2.29 bits per heavy atom. The second-order valence-electron chi connectivity index (χ2n) is 5.40. The van der Waals surface area contributed by atoms with E-state index in [-0.39, 0.29) is 5.54 Å². The lowest BCUT2D eigenvalue weighted by atomic mass is 10.1. The van der Waals surface area contributed by atoms with E-state index in [0.717, 1.165) is 13.1 Å². The highest BCUT2D eigenvalue weighted by atomic mass is 32.2. The van der Waals surface area contributed by atoms with Crippen molar-refractivity contribution in [3.8, 4) is 0 Å². The molecule has 0 aromatic heterocycles. The highest BCUT2D eigenvalue weighted by Gasteiger charge is 2.08. The van der Waals surface area contributed by atoms with E-state index in [1.54, 1.807) is 0 Å². The molecule has 2 nitrogen and oxygen atoms in total. The molecule has 0 spiro atoms. The smallest absolute Gasteiger partial charge is 0.0223 e. The van der Waals surface area contributed by atoms with E-state index >= 15 is 0 Å². The van der Waals surface area contributed by atoms with E-state index in [9.17, 15) is 0 Å². The second-order valence-corrected chi connectivity index (χ2v) is 7.05. The summed E-state index contributed by atoms with van der Waals surface area (Å²) in [5.74, 6) is 0. The number of thioether (sulfide) groups is 1. The number of hydrogen-bond donors (Lipinski definition) is 2. The van der Waals surface area contributed by atoms with Gasteiger partial charge in [0.1, 0.15) is 0 Å². The Morgan fingerprint density at radius 1 is 1.24 bits per heavy atom. The minimum atomic E-state index is -0.145. The van der Waals surface area contributed by atoms with E-state index < -0.39 is 0 Å². The summed E-state index contributed by atoms with van der Waals surface area (Å²) in [6.07, 6.45) is 0. The third kappa shape index (κ3) is 6.71. The number of nitrogens with two attached hydrogens (primary N) is 1. The average molecular weight is 252 g/mol. The van der Waals surface area contributed by atoms with Crippen LogP contribution in [-0.4, -0.2) is 17.3 Å². The lowest BCUT2D eigenvalue weighted by Crippen LogP contribution is -2.42. The topological polar surface area (TPSA) is 38.0 Å². The van der Waals surface area contributed by atoms with Crippen LogP contribution in [0.25, 0.3) is 0 Å². The lowest BCUT2D eigenvalue weighted by molar-refractivity contribution is 0.466. The zero-order valence-corrected chi connectivity index (χ0v) is 12.1. The summed E-state index contributed by atoms with van der Waals surface area (Å²) in [4.78, 5) is 1.34. The molecule has 0 atom stereocenters. The Balaban J connectivity index is 2.40. The molecule has 96 valence electrons. The Morgan fingerprint density at radius 2 is 1.82 bits per heavy atom. The molecule has 1 rings (SSSR count). The van der Waals surface area contributed by atoms with Gasteiger partial charge in [-0.25, -0.2) is 0 Å². The Bertz CT molecular complexity index is 325. The zero-order chi connectivity index (χ0) is 12.9. The molecule has 0 saturated heterocycles. The van der Waals surface area contributed by atoms with Gasteiger partial charge in [-0.3, -0.25) is 0 Å². The molecule has 17 heavy (non-hydrogen) atoms. The van der Waals surface area contributed by atoms with Crippen LogP contribution >= 0.6 is 11.8 Å². The summed E-state index contributed by atoms with van der Waals surface area (Å²) in [5.41, 5.74) is 7.08. The third-order valence-electron chi connectivity index (χ3n) is 2.20. The molecule has 0 unspecified atom stereocenters. The summed E-state index contributed by atoms with van der Waals surface area (Å²) in [5, 5.41) is 4.01. The first-order valence-corrected chi connectivity index (χ1v) is 7.00. The van der Waals surface area contributed by atoms with Crippen molar-refractivity contribution < 1.29 is 0 Å². The first kappa shape index (κ1) is 14.6. The maximum atomic E-state index is 5.91. The predicted octanol–water partition coefficient (Wildman–Crippen LogP) is 3.01. The molecule has 0 saturated carbocycles. The summed E-state index contributed by atoms with van der Waals surface area (Å²) in [7, 11) is 0. The average Bonchev–Trinajstić information content (AvgIpc) is 2.18. The third-order valence-corrected chi connectivity index (χ3v) is 3.22. The van der Waals surface area contributed by atoms with Crippen LogP contribution in [0, 0.1) is 0 Å². The maximum absolute atomic E-state index is 5.91. The fourth-order valence-corrected chi connectivity index (χ4v) is 2.32. The van der Waals surface area contributed by atoms with Crippen LogP contribution in [0.2, 0.25) is 0 Å². The Labute approximate surface area is 109 Å². The molecule has 0 amide bonds. The van der Waals surface area contributed by atoms with Gasteiger partial charge < -0.3 is 11.1 Å². The lowest BCUT2D eigenvalue weighted by Gasteiger charge is -2.19. The van der Waals surface area contributed by atoms with E-state index in [4.69, 9.17) is 5.73 Å². The Kier molecular flexibility index (Phi) is 5.50. The van der Waals surface area contributed by atoms with Crippen molar-refractivity contribution >= 4 is 11.8 Å². The van der Waals surface area contributed by atoms with Gasteiger partial charge in [-0.2, -0.15) is 0 Å². The van der Waals surface area contributed by atoms with Crippen LogP contribution in [0.4, 0.5) is 0 Å². The fourth-order valence-electron chi connectivity index (χ4n) is 1.49. The summed E-state index contributed by atoms with van der Waals surface area (Å²) in [6.45, 7) is 10.2. The van der Waals surface area contributed by atoms with Gasteiger partial charge in [0.25, 0.3) is 0 Å². The molecule has 3 N–H and O–H groups in total. The molecule has 0 heterocycles. The SMILES string of the molecule is CC(C)Sc1ccc(CNCC(C)(C)N)cc1. The van der Waals surface area contributed by atoms with Crippen molar-refractivity contribution in [3.63, 3.8) is 0 Å². The summed E-state index contributed by atoms with van der Waals surface area (Å²) < 4.78 is 0. The minimum Gasteiger partial charge on any atom is -0.324 e. The molecule has 0 radical (unpaired) electrons. The highest BCUT2D eigenvalue weighted by Crippen LogP contribution is 2.22. The van der Waals surface area contributed by atoms with Crippen LogP contribution in [0.1, 0.15) is 33.3 Å². The number of benzene rings is 1. The molecule has 0 aliphatic heterocycles. The highest BCUT2D eigenvalue weighted by molar-refractivity contribution is 7.99. The summed E-state index contributed by atoms with van der Waals surface area (Å²) in [6, 6.07) is 8.74. The molecule has 0 aliphatic rings. The van der Waals surface area contributed by atoms with Crippen LogP contribution < -0.4 is 11.1 Å². The largest absolute Gasteiger partial charge is 0.324 e. The first-order valence-electron chi connectivity index (χ1n) is 6.12. The van der Waals surface area contributed by atoms with Gasteiger partial charge in [0.2, 0.25) is 0 Å². The number of nitrogens with one attached hydrogen (secondary N) is 1. The van der Waals surface area contributed by atoms with Crippen molar-refractivity contribution in [2.45, 2.75) is 49.9 Å². The van der Waals surface area contributed by atoms with Crippen molar-refractivity contribution in [2.24, 2.45) is 5.73 Å². The Hall–Kier alpha value is -0.510. The van der Waals surface area contributed by atoms with E-state index in [1.165, 1.54) is 10.5 Å². The predicted molar refractivity (Wildman–Crippen MR) is 77.4 cm³/mol. The monoisotopic (exact) mass is 252 g/mol. The molecule has 1 aromatic carbocycles. The summed E-state index contributed by atoms with van der Waals surface area (Å²) >= 11 is 1.89. The molecule has 1 aromatic rings. The molecule has 3 heteroatoms. The molecule has 0 bridgehead atoms. The van der Waals surface area contributed by atoms with Gasteiger partial charge in [0.05, 0.1) is 0 Å². The normalized spacial score (nSPS) is 12.1. The van der Waals surface area contributed by atoms with Crippen molar-refractivity contribution in [2.75, 3.05) is 6.54 Å². The van der Waals surface area contributed by atoms with Crippen LogP contribution in [-0.2, 0) is 6.54 Å². The first-order chi connectivity index (χ1) is 7.87. The molecular weight excluding hydrogens is 228 g/mol. The van der Waals surface area contributed by atoms with E-state index in [1.807, 2.05) is 25.6 Å². The fraction of sp³-hybridized carbons (Fsp3) is 0.571. The van der Waals surface area contributed by atoms with Gasteiger partial charge in [-0.15, -0.1) is 11.8 Å². The number of rotatable bonds is 6. The quantitative estimate of drug-likeness (QED) is 0.764. The van der Waals surface area contributed by atoms with E-state index in [0.29, 0.717) is 5.25 Å².